The molecule has 2 aromatic carbocycles. The van der Waals surface area contributed by atoms with Gasteiger partial charge in [-0.25, -0.2) is 18.2 Å². The van der Waals surface area contributed by atoms with Crippen LogP contribution in [0.1, 0.15) is 17.3 Å². The number of hydrogen-bond donors (Lipinski definition) is 1. The van der Waals surface area contributed by atoms with E-state index in [1.54, 1.807) is 24.7 Å². The zero-order valence-electron chi connectivity index (χ0n) is 15.3. The van der Waals surface area contributed by atoms with Crippen LogP contribution in [0.15, 0.2) is 53.9 Å². The number of anilines is 1. The van der Waals surface area contributed by atoms with E-state index in [9.17, 15) is 18.0 Å². The molecular formula is C20H17ClF3N3OS. The number of halogens is 4. The number of nitrogens with zero attached hydrogens (tertiary/aromatic N) is 2. The van der Waals surface area contributed by atoms with E-state index < -0.39 is 23.4 Å². The molecule has 29 heavy (non-hydrogen) atoms. The van der Waals surface area contributed by atoms with Crippen LogP contribution in [-0.2, 0) is 6.54 Å². The van der Waals surface area contributed by atoms with E-state index in [1.807, 2.05) is 10.8 Å². The third kappa shape index (κ3) is 5.55. The molecule has 0 aliphatic rings. The highest BCUT2D eigenvalue weighted by atomic mass is 35.5. The fourth-order valence-corrected chi connectivity index (χ4v) is 3.89. The van der Waals surface area contributed by atoms with Crippen LogP contribution in [0.5, 0.6) is 0 Å². The minimum atomic E-state index is -1.59. The Morgan fingerprint density at radius 1 is 1.24 bits per heavy atom. The lowest BCUT2D eigenvalue weighted by Crippen LogP contribution is -2.13. The van der Waals surface area contributed by atoms with Gasteiger partial charge in [-0.05, 0) is 24.1 Å². The topological polar surface area (TPSA) is 46.9 Å². The molecule has 3 aromatic rings. The van der Waals surface area contributed by atoms with E-state index in [4.69, 9.17) is 11.6 Å². The number of imidazole rings is 1. The van der Waals surface area contributed by atoms with Crippen molar-refractivity contribution in [3.63, 3.8) is 0 Å². The largest absolute Gasteiger partial charge is 0.337 e. The van der Waals surface area contributed by atoms with Crippen molar-refractivity contribution in [2.45, 2.75) is 18.4 Å². The standard InChI is InChI=1S/C20H17ClF3N3OS/c1-12(9-27-5-4-25-11-27)10-29-18-6-13(2-3-15(18)21)20(28)26-14-7-16(22)19(24)17(23)8-14/h2-8,11-12H,9-10H2,1H3,(H,26,28). The third-order valence-corrected chi connectivity index (χ3v) is 5.87. The van der Waals surface area contributed by atoms with Crippen molar-refractivity contribution in [2.24, 2.45) is 5.92 Å². The Bertz CT molecular complexity index is 991. The smallest absolute Gasteiger partial charge is 0.255 e. The SMILES string of the molecule is CC(CSc1cc(C(=O)Nc2cc(F)c(F)c(F)c2)ccc1Cl)Cn1ccnc1. The summed E-state index contributed by atoms with van der Waals surface area (Å²) in [6.45, 7) is 2.89. The molecule has 152 valence electrons. The molecule has 1 unspecified atom stereocenters. The summed E-state index contributed by atoms with van der Waals surface area (Å²) in [5.74, 6) is -3.83. The fraction of sp³-hybridized carbons (Fsp3) is 0.200. The van der Waals surface area contributed by atoms with Gasteiger partial charge in [0.1, 0.15) is 0 Å². The van der Waals surface area contributed by atoms with Crippen LogP contribution in [0.2, 0.25) is 5.02 Å². The normalized spacial score (nSPS) is 12.0. The van der Waals surface area contributed by atoms with Gasteiger partial charge in [-0.3, -0.25) is 4.79 Å². The van der Waals surface area contributed by atoms with Gasteiger partial charge in [-0.15, -0.1) is 11.8 Å². The molecule has 0 saturated heterocycles. The zero-order valence-corrected chi connectivity index (χ0v) is 16.9. The van der Waals surface area contributed by atoms with Crippen molar-refractivity contribution in [3.05, 3.63) is 77.1 Å². The number of nitrogens with one attached hydrogen (secondary N) is 1. The van der Waals surface area contributed by atoms with Crippen LogP contribution < -0.4 is 5.32 Å². The minimum absolute atomic E-state index is 0.176. The zero-order chi connectivity index (χ0) is 21.0. The highest BCUT2D eigenvalue weighted by molar-refractivity contribution is 7.99. The predicted octanol–water partition coefficient (Wildman–Crippen LogP) is 5.63. The molecule has 0 spiro atoms. The number of carbonyl (C=O) groups is 1. The van der Waals surface area contributed by atoms with Crippen molar-refractivity contribution < 1.29 is 18.0 Å². The monoisotopic (exact) mass is 439 g/mol. The number of hydrogen-bond acceptors (Lipinski definition) is 3. The summed E-state index contributed by atoms with van der Waals surface area (Å²) >= 11 is 7.74. The van der Waals surface area contributed by atoms with Gasteiger partial charge in [0.05, 0.1) is 11.3 Å². The summed E-state index contributed by atoms with van der Waals surface area (Å²) in [4.78, 5) is 17.1. The molecule has 0 aliphatic heterocycles. The highest BCUT2D eigenvalue weighted by Gasteiger charge is 2.15. The van der Waals surface area contributed by atoms with E-state index in [2.05, 4.69) is 17.2 Å². The molecule has 1 amide bonds. The summed E-state index contributed by atoms with van der Waals surface area (Å²) < 4.78 is 41.7. The Hall–Kier alpha value is -2.45. The molecule has 1 heterocycles. The number of rotatable bonds is 7. The van der Waals surface area contributed by atoms with Gasteiger partial charge in [0.2, 0.25) is 0 Å². The molecule has 4 nitrogen and oxygen atoms in total. The first-order valence-electron chi connectivity index (χ1n) is 8.67. The summed E-state index contributed by atoms with van der Waals surface area (Å²) in [5.41, 5.74) is 0.0915. The van der Waals surface area contributed by atoms with Crippen LogP contribution in [0, 0.1) is 23.4 Å². The van der Waals surface area contributed by atoms with Crippen LogP contribution in [-0.4, -0.2) is 21.2 Å². The number of aromatic nitrogens is 2. The average molecular weight is 440 g/mol. The van der Waals surface area contributed by atoms with Gasteiger partial charge < -0.3 is 9.88 Å². The van der Waals surface area contributed by atoms with Gasteiger partial charge in [-0.1, -0.05) is 18.5 Å². The molecular weight excluding hydrogens is 423 g/mol. The Balaban J connectivity index is 1.67. The Kier molecular flexibility index (Phi) is 6.87. The maximum Gasteiger partial charge on any atom is 0.255 e. The average Bonchev–Trinajstić information content (AvgIpc) is 3.18. The number of benzene rings is 2. The minimum Gasteiger partial charge on any atom is -0.337 e. The van der Waals surface area contributed by atoms with Gasteiger partial charge in [0.25, 0.3) is 5.91 Å². The van der Waals surface area contributed by atoms with Crippen LogP contribution in [0.4, 0.5) is 18.9 Å². The summed E-state index contributed by atoms with van der Waals surface area (Å²) in [7, 11) is 0. The van der Waals surface area contributed by atoms with Gasteiger partial charge in [0, 0.05) is 53.0 Å². The Labute approximate surface area is 175 Å². The lowest BCUT2D eigenvalue weighted by Gasteiger charge is -2.13. The predicted molar refractivity (Wildman–Crippen MR) is 108 cm³/mol. The number of amides is 1. The van der Waals surface area contributed by atoms with Crippen molar-refractivity contribution in [1.82, 2.24) is 9.55 Å². The molecule has 0 radical (unpaired) electrons. The molecule has 3 rings (SSSR count). The molecule has 1 N–H and O–H groups in total. The van der Waals surface area contributed by atoms with E-state index in [-0.39, 0.29) is 11.3 Å². The lowest BCUT2D eigenvalue weighted by molar-refractivity contribution is 0.102. The number of carbonyl (C=O) groups excluding carboxylic acids is 1. The van der Waals surface area contributed by atoms with Crippen LogP contribution in [0.25, 0.3) is 0 Å². The quantitative estimate of drug-likeness (QED) is 0.383. The first-order valence-corrected chi connectivity index (χ1v) is 10.0. The van der Waals surface area contributed by atoms with Crippen molar-refractivity contribution in [2.75, 3.05) is 11.1 Å². The summed E-state index contributed by atoms with van der Waals surface area (Å²) in [6, 6.07) is 6.15. The molecule has 0 fully saturated rings. The van der Waals surface area contributed by atoms with E-state index in [0.29, 0.717) is 15.8 Å². The Morgan fingerprint density at radius 2 is 1.97 bits per heavy atom. The van der Waals surface area contributed by atoms with Gasteiger partial charge >= 0.3 is 0 Å². The maximum absolute atomic E-state index is 13.3. The summed E-state index contributed by atoms with van der Waals surface area (Å²) in [6.07, 6.45) is 5.36. The lowest BCUT2D eigenvalue weighted by atomic mass is 10.2. The summed E-state index contributed by atoms with van der Waals surface area (Å²) in [5, 5.41) is 2.86. The fourth-order valence-electron chi connectivity index (χ4n) is 2.63. The van der Waals surface area contributed by atoms with E-state index >= 15 is 0 Å². The molecule has 1 aromatic heterocycles. The van der Waals surface area contributed by atoms with E-state index in [0.717, 1.165) is 24.4 Å². The second-order valence-corrected chi connectivity index (χ2v) is 8.00. The second-order valence-electron chi connectivity index (χ2n) is 6.53. The second kappa shape index (κ2) is 9.37. The Morgan fingerprint density at radius 3 is 2.62 bits per heavy atom. The van der Waals surface area contributed by atoms with Crippen molar-refractivity contribution in [1.29, 1.82) is 0 Å². The first kappa shape index (κ1) is 21.3. The van der Waals surface area contributed by atoms with Gasteiger partial charge in [-0.2, -0.15) is 0 Å². The van der Waals surface area contributed by atoms with E-state index in [1.165, 1.54) is 17.8 Å². The van der Waals surface area contributed by atoms with Gasteiger partial charge in [0.15, 0.2) is 17.5 Å². The van der Waals surface area contributed by atoms with Crippen molar-refractivity contribution >= 4 is 35.0 Å². The molecule has 0 bridgehead atoms. The maximum atomic E-state index is 13.3. The number of thioether (sulfide) groups is 1. The first-order chi connectivity index (χ1) is 13.8. The highest BCUT2D eigenvalue weighted by Crippen LogP contribution is 2.30. The van der Waals surface area contributed by atoms with Crippen molar-refractivity contribution in [3.8, 4) is 0 Å². The van der Waals surface area contributed by atoms with Crippen LogP contribution in [0.3, 0.4) is 0 Å². The molecule has 0 aliphatic carbocycles. The molecule has 0 saturated carbocycles. The third-order valence-electron chi connectivity index (χ3n) is 4.04. The molecule has 1 atom stereocenters. The molecule has 9 heteroatoms. The van der Waals surface area contributed by atoms with Crippen LogP contribution >= 0.6 is 23.4 Å².